The normalized spacial score (nSPS) is 12.5. The molecule has 0 saturated heterocycles. The summed E-state index contributed by atoms with van der Waals surface area (Å²) in [4.78, 5) is 16.4. The van der Waals surface area contributed by atoms with Gasteiger partial charge in [0.25, 0.3) is 5.91 Å². The van der Waals surface area contributed by atoms with Crippen LogP contribution < -0.4 is 11.5 Å². The Bertz CT molecular complexity index is 445. The molecule has 0 aliphatic heterocycles. The molecule has 0 aliphatic rings. The molecule has 5 heteroatoms. The Morgan fingerprint density at radius 2 is 1.95 bits per heavy atom. The highest BCUT2D eigenvalue weighted by molar-refractivity contribution is 5.99. The lowest BCUT2D eigenvalue weighted by Crippen LogP contribution is -2.43. The molecule has 0 aromatic heterocycles. The number of rotatable bonds is 5. The van der Waals surface area contributed by atoms with Gasteiger partial charge in [0.2, 0.25) is 0 Å². The number of nitrogen functional groups attached to an aromatic ring is 2. The van der Waals surface area contributed by atoms with E-state index in [1.54, 1.807) is 18.2 Å². The molecule has 19 heavy (non-hydrogen) atoms. The van der Waals surface area contributed by atoms with E-state index in [2.05, 4.69) is 4.90 Å². The minimum absolute atomic E-state index is 0.0469. The molecule has 1 aromatic carbocycles. The quantitative estimate of drug-likeness (QED) is 0.785. The molecule has 0 heterocycles. The molecule has 1 aromatic rings. The Hall–Kier alpha value is -1.75. The maximum Gasteiger partial charge on any atom is 0.256 e. The number of amides is 1. The van der Waals surface area contributed by atoms with E-state index in [1.165, 1.54) is 0 Å². The molecule has 0 spiro atoms. The van der Waals surface area contributed by atoms with Gasteiger partial charge in [-0.25, -0.2) is 0 Å². The summed E-state index contributed by atoms with van der Waals surface area (Å²) < 4.78 is 0. The van der Waals surface area contributed by atoms with Crippen LogP contribution in [0.4, 0.5) is 11.4 Å². The topological polar surface area (TPSA) is 75.6 Å². The lowest BCUT2D eigenvalue weighted by Gasteiger charge is -2.30. The van der Waals surface area contributed by atoms with Crippen LogP contribution in [0.2, 0.25) is 0 Å². The predicted octanol–water partition coefficient (Wildman–Crippen LogP) is 1.26. The van der Waals surface area contributed by atoms with E-state index in [0.717, 1.165) is 6.54 Å². The monoisotopic (exact) mass is 264 g/mol. The van der Waals surface area contributed by atoms with Crippen LogP contribution in [-0.2, 0) is 0 Å². The summed E-state index contributed by atoms with van der Waals surface area (Å²) in [7, 11) is 3.98. The van der Waals surface area contributed by atoms with E-state index in [9.17, 15) is 4.79 Å². The van der Waals surface area contributed by atoms with Crippen LogP contribution in [0.5, 0.6) is 0 Å². The maximum atomic E-state index is 12.5. The fraction of sp³-hybridized carbons (Fsp3) is 0.500. The lowest BCUT2D eigenvalue weighted by atomic mass is 10.1. The van der Waals surface area contributed by atoms with Gasteiger partial charge in [-0.05, 0) is 46.1 Å². The number of carbonyl (C=O) groups excluding carboxylic acids is 1. The molecule has 0 fully saturated rings. The van der Waals surface area contributed by atoms with Gasteiger partial charge in [0.05, 0.1) is 5.56 Å². The van der Waals surface area contributed by atoms with Crippen LogP contribution in [-0.4, -0.2) is 48.9 Å². The SMILES string of the molecule is CCN(C(=O)c1ccc(N)cc1N)C(C)CN(C)C. The molecule has 1 unspecified atom stereocenters. The maximum absolute atomic E-state index is 12.5. The molecule has 106 valence electrons. The van der Waals surface area contributed by atoms with Gasteiger partial charge in [0.1, 0.15) is 0 Å². The van der Waals surface area contributed by atoms with Crippen LogP contribution in [0.25, 0.3) is 0 Å². The van der Waals surface area contributed by atoms with Crippen molar-refractivity contribution in [2.45, 2.75) is 19.9 Å². The van der Waals surface area contributed by atoms with Gasteiger partial charge in [-0.1, -0.05) is 0 Å². The van der Waals surface area contributed by atoms with Crippen LogP contribution in [0.15, 0.2) is 18.2 Å². The van der Waals surface area contributed by atoms with Gasteiger partial charge in [-0.3, -0.25) is 4.79 Å². The number of benzene rings is 1. The second kappa shape index (κ2) is 6.43. The highest BCUT2D eigenvalue weighted by atomic mass is 16.2. The predicted molar refractivity (Wildman–Crippen MR) is 80.0 cm³/mol. The third-order valence-corrected chi connectivity index (χ3v) is 3.07. The van der Waals surface area contributed by atoms with Crippen LogP contribution in [0, 0.1) is 0 Å². The number of anilines is 2. The number of carbonyl (C=O) groups is 1. The summed E-state index contributed by atoms with van der Waals surface area (Å²) in [6.07, 6.45) is 0. The largest absolute Gasteiger partial charge is 0.399 e. The van der Waals surface area contributed by atoms with Gasteiger partial charge in [0.15, 0.2) is 0 Å². The van der Waals surface area contributed by atoms with Crippen LogP contribution in [0.3, 0.4) is 0 Å². The minimum atomic E-state index is -0.0469. The molecule has 0 saturated carbocycles. The summed E-state index contributed by atoms with van der Waals surface area (Å²) in [5.41, 5.74) is 13.0. The average Bonchev–Trinajstić information content (AvgIpc) is 2.28. The van der Waals surface area contributed by atoms with Crippen LogP contribution >= 0.6 is 0 Å². The van der Waals surface area contributed by atoms with Gasteiger partial charge >= 0.3 is 0 Å². The van der Waals surface area contributed by atoms with E-state index < -0.39 is 0 Å². The summed E-state index contributed by atoms with van der Waals surface area (Å²) >= 11 is 0. The highest BCUT2D eigenvalue weighted by Crippen LogP contribution is 2.18. The molecule has 1 amide bonds. The van der Waals surface area contributed by atoms with Crippen molar-refractivity contribution in [2.75, 3.05) is 38.7 Å². The van der Waals surface area contributed by atoms with Crippen molar-refractivity contribution in [2.24, 2.45) is 0 Å². The van der Waals surface area contributed by atoms with Gasteiger partial charge < -0.3 is 21.3 Å². The van der Waals surface area contributed by atoms with Gasteiger partial charge in [0, 0.05) is 30.5 Å². The van der Waals surface area contributed by atoms with E-state index in [0.29, 0.717) is 23.5 Å². The highest BCUT2D eigenvalue weighted by Gasteiger charge is 2.22. The Morgan fingerprint density at radius 3 is 2.42 bits per heavy atom. The first kappa shape index (κ1) is 15.3. The first-order chi connectivity index (χ1) is 8.86. The van der Waals surface area contributed by atoms with Crippen molar-refractivity contribution in [1.29, 1.82) is 0 Å². The van der Waals surface area contributed by atoms with Gasteiger partial charge in [-0.2, -0.15) is 0 Å². The zero-order chi connectivity index (χ0) is 14.6. The van der Waals surface area contributed by atoms with Gasteiger partial charge in [-0.15, -0.1) is 0 Å². The fourth-order valence-electron chi connectivity index (χ4n) is 2.21. The van der Waals surface area contributed by atoms with E-state index in [1.807, 2.05) is 32.8 Å². The second-order valence-electron chi connectivity index (χ2n) is 5.05. The number of nitrogens with zero attached hydrogens (tertiary/aromatic N) is 2. The molecular weight excluding hydrogens is 240 g/mol. The van der Waals surface area contributed by atoms with Crippen molar-refractivity contribution in [3.63, 3.8) is 0 Å². The minimum Gasteiger partial charge on any atom is -0.399 e. The summed E-state index contributed by atoms with van der Waals surface area (Å²) in [5, 5.41) is 0. The molecule has 1 rings (SSSR count). The van der Waals surface area contributed by atoms with E-state index >= 15 is 0 Å². The second-order valence-corrected chi connectivity index (χ2v) is 5.05. The summed E-state index contributed by atoms with van der Waals surface area (Å²) in [6.45, 7) is 5.47. The zero-order valence-corrected chi connectivity index (χ0v) is 12.2. The zero-order valence-electron chi connectivity index (χ0n) is 12.2. The number of nitrogens with two attached hydrogens (primary N) is 2. The Morgan fingerprint density at radius 1 is 1.32 bits per heavy atom. The average molecular weight is 264 g/mol. The lowest BCUT2D eigenvalue weighted by molar-refractivity contribution is 0.0680. The Kier molecular flexibility index (Phi) is 5.18. The molecule has 5 nitrogen and oxygen atoms in total. The molecule has 0 aliphatic carbocycles. The molecule has 4 N–H and O–H groups in total. The van der Waals surface area contributed by atoms with Crippen molar-refractivity contribution in [3.8, 4) is 0 Å². The summed E-state index contributed by atoms with van der Waals surface area (Å²) in [5.74, 6) is -0.0469. The number of likely N-dealkylation sites (N-methyl/N-ethyl adjacent to an activating group) is 2. The number of hydrogen-bond acceptors (Lipinski definition) is 4. The third kappa shape index (κ3) is 3.86. The standard InChI is InChI=1S/C14H24N4O/c1-5-18(10(2)9-17(3)4)14(19)12-7-6-11(15)8-13(12)16/h6-8,10H,5,9,15-16H2,1-4H3. The third-order valence-electron chi connectivity index (χ3n) is 3.07. The van der Waals surface area contributed by atoms with Crippen molar-refractivity contribution < 1.29 is 4.79 Å². The van der Waals surface area contributed by atoms with E-state index in [-0.39, 0.29) is 11.9 Å². The van der Waals surface area contributed by atoms with Crippen LogP contribution in [0.1, 0.15) is 24.2 Å². The van der Waals surface area contributed by atoms with E-state index in [4.69, 9.17) is 11.5 Å². The molecule has 1 atom stereocenters. The smallest absolute Gasteiger partial charge is 0.256 e. The molecular formula is C14H24N4O. The fourth-order valence-corrected chi connectivity index (χ4v) is 2.21. The Labute approximate surface area is 115 Å². The van der Waals surface area contributed by atoms with Crippen molar-refractivity contribution in [3.05, 3.63) is 23.8 Å². The van der Waals surface area contributed by atoms with Crippen molar-refractivity contribution >= 4 is 17.3 Å². The molecule has 0 bridgehead atoms. The van der Waals surface area contributed by atoms with Crippen molar-refractivity contribution in [1.82, 2.24) is 9.80 Å². The first-order valence-corrected chi connectivity index (χ1v) is 6.47. The Balaban J connectivity index is 2.95. The number of hydrogen-bond donors (Lipinski definition) is 2. The first-order valence-electron chi connectivity index (χ1n) is 6.47. The molecule has 0 radical (unpaired) electrons. The summed E-state index contributed by atoms with van der Waals surface area (Å²) in [6, 6.07) is 5.15.